The lowest BCUT2D eigenvalue weighted by Crippen LogP contribution is -2.46. The van der Waals surface area contributed by atoms with Crippen LogP contribution in [0.5, 0.6) is 0 Å². The minimum absolute atomic E-state index is 0. The van der Waals surface area contributed by atoms with E-state index in [0.717, 1.165) is 25.1 Å². The van der Waals surface area contributed by atoms with Gasteiger partial charge in [0.25, 0.3) is 0 Å². The summed E-state index contributed by atoms with van der Waals surface area (Å²) in [6, 6.07) is 8.35. The Bertz CT molecular complexity index is 571. The zero-order valence-electron chi connectivity index (χ0n) is 14.7. The molecule has 1 aliphatic heterocycles. The van der Waals surface area contributed by atoms with Crippen molar-refractivity contribution < 1.29 is 9.59 Å². The minimum atomic E-state index is -0.101. The molecule has 7 heteroatoms. The summed E-state index contributed by atoms with van der Waals surface area (Å²) in [7, 11) is 0. The van der Waals surface area contributed by atoms with E-state index in [9.17, 15) is 9.59 Å². The summed E-state index contributed by atoms with van der Waals surface area (Å²) in [4.78, 5) is 26.3. The summed E-state index contributed by atoms with van der Waals surface area (Å²) >= 11 is 1.63. The van der Waals surface area contributed by atoms with Gasteiger partial charge in [-0.3, -0.25) is 9.59 Å². The molecule has 5 nitrogen and oxygen atoms in total. The van der Waals surface area contributed by atoms with Gasteiger partial charge in [-0.1, -0.05) is 29.8 Å². The molecule has 3 N–H and O–H groups in total. The van der Waals surface area contributed by atoms with E-state index >= 15 is 0 Å². The molecule has 0 aromatic heterocycles. The van der Waals surface area contributed by atoms with Gasteiger partial charge < -0.3 is 16.0 Å². The Morgan fingerprint density at radius 3 is 2.92 bits per heavy atom. The molecule has 1 saturated heterocycles. The summed E-state index contributed by atoms with van der Waals surface area (Å²) in [5.41, 5.74) is 7.89. The molecule has 0 saturated carbocycles. The summed E-state index contributed by atoms with van der Waals surface area (Å²) in [5.74, 6) is 1.35. The van der Waals surface area contributed by atoms with Crippen LogP contribution in [-0.4, -0.2) is 48.6 Å². The first-order valence-electron chi connectivity index (χ1n) is 8.49. The van der Waals surface area contributed by atoms with Gasteiger partial charge in [0.1, 0.15) is 0 Å². The van der Waals surface area contributed by atoms with Crippen molar-refractivity contribution in [3.8, 4) is 0 Å². The van der Waals surface area contributed by atoms with Crippen LogP contribution in [0, 0.1) is 12.8 Å². The molecule has 1 atom stereocenters. The van der Waals surface area contributed by atoms with Crippen molar-refractivity contribution >= 4 is 36.0 Å². The third kappa shape index (κ3) is 7.26. The molecule has 0 aliphatic carbocycles. The van der Waals surface area contributed by atoms with E-state index in [4.69, 9.17) is 5.73 Å². The van der Waals surface area contributed by atoms with Crippen molar-refractivity contribution in [2.75, 3.05) is 31.9 Å². The van der Waals surface area contributed by atoms with E-state index in [2.05, 4.69) is 30.4 Å². The molecule has 0 spiro atoms. The Morgan fingerprint density at radius 2 is 2.20 bits per heavy atom. The van der Waals surface area contributed by atoms with Gasteiger partial charge in [0.05, 0.1) is 11.7 Å². The van der Waals surface area contributed by atoms with Crippen molar-refractivity contribution in [1.29, 1.82) is 0 Å². The molecule has 1 aliphatic rings. The molecule has 1 aromatic rings. The number of nitrogens with zero attached hydrogens (tertiary/aromatic N) is 1. The van der Waals surface area contributed by atoms with E-state index < -0.39 is 0 Å². The van der Waals surface area contributed by atoms with Crippen molar-refractivity contribution in [2.24, 2.45) is 11.7 Å². The van der Waals surface area contributed by atoms with Crippen LogP contribution in [0.3, 0.4) is 0 Å². The maximum Gasteiger partial charge on any atom is 0.232 e. The lowest BCUT2D eigenvalue weighted by molar-refractivity contribution is -0.133. The average Bonchev–Trinajstić information content (AvgIpc) is 2.59. The Balaban J connectivity index is 0.00000312. The number of carbonyl (C=O) groups excluding carboxylic acids is 2. The maximum atomic E-state index is 12.4. The number of thioether (sulfide) groups is 1. The Kier molecular flexibility index (Phi) is 9.93. The van der Waals surface area contributed by atoms with Crippen LogP contribution < -0.4 is 11.1 Å². The highest BCUT2D eigenvalue weighted by Gasteiger charge is 2.27. The van der Waals surface area contributed by atoms with Gasteiger partial charge >= 0.3 is 0 Å². The second-order valence-corrected chi connectivity index (χ2v) is 7.23. The fourth-order valence-electron chi connectivity index (χ4n) is 2.91. The number of carbonyl (C=O) groups is 2. The Morgan fingerprint density at radius 1 is 1.40 bits per heavy atom. The second kappa shape index (κ2) is 11.4. The molecule has 1 fully saturated rings. The molecular formula is C18H28ClN3O2S. The van der Waals surface area contributed by atoms with Crippen molar-refractivity contribution in [1.82, 2.24) is 10.2 Å². The van der Waals surface area contributed by atoms with Crippen molar-refractivity contribution in [2.45, 2.75) is 25.5 Å². The second-order valence-electron chi connectivity index (χ2n) is 6.24. The molecule has 1 heterocycles. The first kappa shape index (κ1) is 21.8. The lowest BCUT2D eigenvalue weighted by Gasteiger charge is -2.32. The van der Waals surface area contributed by atoms with Gasteiger partial charge in [0.15, 0.2) is 0 Å². The number of rotatable bonds is 7. The number of likely N-dealkylation sites (tertiary alicyclic amines) is 1. The lowest BCUT2D eigenvalue weighted by atomic mass is 9.97. The number of benzene rings is 1. The van der Waals surface area contributed by atoms with E-state index in [0.29, 0.717) is 25.4 Å². The van der Waals surface area contributed by atoms with Crippen LogP contribution in [0.4, 0.5) is 0 Å². The van der Waals surface area contributed by atoms with Crippen molar-refractivity contribution in [3.05, 3.63) is 35.4 Å². The van der Waals surface area contributed by atoms with Gasteiger partial charge in [-0.25, -0.2) is 0 Å². The van der Waals surface area contributed by atoms with Gasteiger partial charge in [0.2, 0.25) is 11.8 Å². The first-order chi connectivity index (χ1) is 11.6. The van der Waals surface area contributed by atoms with Gasteiger partial charge in [-0.05, 0) is 25.3 Å². The summed E-state index contributed by atoms with van der Waals surface area (Å²) in [5, 5.41) is 2.82. The third-order valence-electron chi connectivity index (χ3n) is 4.17. The van der Waals surface area contributed by atoms with Gasteiger partial charge in [-0.15, -0.1) is 24.2 Å². The van der Waals surface area contributed by atoms with E-state index in [1.54, 1.807) is 11.8 Å². The van der Waals surface area contributed by atoms with Crippen molar-refractivity contribution in [3.63, 3.8) is 0 Å². The number of halogens is 1. The van der Waals surface area contributed by atoms with Crippen LogP contribution in [-0.2, 0) is 15.3 Å². The summed E-state index contributed by atoms with van der Waals surface area (Å²) in [6.07, 6.45) is 1.73. The average molecular weight is 386 g/mol. The van der Waals surface area contributed by atoms with Gasteiger partial charge in [0, 0.05) is 31.9 Å². The molecular weight excluding hydrogens is 358 g/mol. The molecule has 0 radical (unpaired) electrons. The van der Waals surface area contributed by atoms with E-state index in [-0.39, 0.29) is 30.1 Å². The number of hydrogen-bond acceptors (Lipinski definition) is 4. The standard InChI is InChI=1S/C18H27N3O2S.ClH/c1-14-4-2-5-15(10-14)12-24-13-17(22)21-9-3-6-16(11-21)18(23)20-8-7-19;/h2,4-5,10,16H,3,6-9,11-13,19H2,1H3,(H,20,23);1H. The topological polar surface area (TPSA) is 75.4 Å². The SMILES string of the molecule is Cc1cccc(CSCC(=O)N2CCCC(C(=O)NCCN)C2)c1.Cl. The van der Waals surface area contributed by atoms with Crippen LogP contribution >= 0.6 is 24.2 Å². The molecule has 2 rings (SSSR count). The van der Waals surface area contributed by atoms with Crippen LogP contribution in [0.25, 0.3) is 0 Å². The van der Waals surface area contributed by atoms with E-state index in [1.807, 2.05) is 11.0 Å². The Hall–Kier alpha value is -1.24. The first-order valence-corrected chi connectivity index (χ1v) is 9.64. The molecule has 1 aromatic carbocycles. The fourth-order valence-corrected chi connectivity index (χ4v) is 3.78. The molecule has 1 unspecified atom stereocenters. The highest BCUT2D eigenvalue weighted by atomic mass is 35.5. The largest absolute Gasteiger partial charge is 0.355 e. The molecule has 25 heavy (non-hydrogen) atoms. The number of piperidine rings is 1. The normalized spacial score (nSPS) is 16.9. The Labute approximate surface area is 160 Å². The predicted octanol–water partition coefficient (Wildman–Crippen LogP) is 1.96. The fraction of sp³-hybridized carbons (Fsp3) is 0.556. The molecule has 0 bridgehead atoms. The summed E-state index contributed by atoms with van der Waals surface area (Å²) < 4.78 is 0. The highest BCUT2D eigenvalue weighted by Crippen LogP contribution is 2.19. The number of hydrogen-bond donors (Lipinski definition) is 2. The van der Waals surface area contributed by atoms with Crippen LogP contribution in [0.2, 0.25) is 0 Å². The highest BCUT2D eigenvalue weighted by molar-refractivity contribution is 7.99. The number of nitrogens with two attached hydrogens (primary N) is 1. The predicted molar refractivity (Wildman–Crippen MR) is 106 cm³/mol. The van der Waals surface area contributed by atoms with Crippen LogP contribution in [0.15, 0.2) is 24.3 Å². The zero-order valence-corrected chi connectivity index (χ0v) is 16.3. The summed E-state index contributed by atoms with van der Waals surface area (Å²) in [6.45, 7) is 4.29. The number of aryl methyl sites for hydroxylation is 1. The zero-order chi connectivity index (χ0) is 17.4. The molecule has 2 amide bonds. The molecule has 140 valence electrons. The van der Waals surface area contributed by atoms with Crippen LogP contribution in [0.1, 0.15) is 24.0 Å². The minimum Gasteiger partial charge on any atom is -0.355 e. The smallest absolute Gasteiger partial charge is 0.232 e. The van der Waals surface area contributed by atoms with E-state index in [1.165, 1.54) is 11.1 Å². The quantitative estimate of drug-likeness (QED) is 0.752. The monoisotopic (exact) mass is 385 g/mol. The number of amides is 2. The number of nitrogens with one attached hydrogen (secondary N) is 1. The third-order valence-corrected chi connectivity index (χ3v) is 5.15. The maximum absolute atomic E-state index is 12.4. The van der Waals surface area contributed by atoms with Gasteiger partial charge in [-0.2, -0.15) is 0 Å².